The standard InChI is InChI=1S/C36H34N4O3/c1-24-17-19-39(32(35(37)42)22-25-13-15-27-8-5-6-11-29(27)20-25)36(43)34(28-9-3-2-4-10-28)40(24)33(41)23-26-14-16-31-30(21-26)12-7-18-38-31/h2-16,18,20-21,24,32,34H,17,19,22-23H2,1H3,(H2,37,42)/t24-,32-,34?/m0/s1. The molecule has 0 bridgehead atoms. The lowest BCUT2D eigenvalue weighted by Gasteiger charge is -2.36. The zero-order chi connectivity index (χ0) is 29.9. The summed E-state index contributed by atoms with van der Waals surface area (Å²) in [5.74, 6) is -1.01. The molecule has 0 radical (unpaired) electrons. The van der Waals surface area contributed by atoms with Crippen molar-refractivity contribution in [3.63, 3.8) is 0 Å². The number of fused-ring (bicyclic) bond motifs is 2. The van der Waals surface area contributed by atoms with Gasteiger partial charge in [-0.3, -0.25) is 19.4 Å². The molecule has 43 heavy (non-hydrogen) atoms. The third kappa shape index (κ3) is 5.84. The van der Waals surface area contributed by atoms with Crippen molar-refractivity contribution < 1.29 is 14.4 Å². The fraction of sp³-hybridized carbons (Fsp3) is 0.222. The number of carbonyl (C=O) groups excluding carboxylic acids is 3. The minimum atomic E-state index is -0.883. The summed E-state index contributed by atoms with van der Waals surface area (Å²) in [6, 6.07) is 31.1. The number of hydrogen-bond donors (Lipinski definition) is 1. The van der Waals surface area contributed by atoms with E-state index in [1.54, 1.807) is 16.0 Å². The molecule has 0 saturated carbocycles. The molecule has 216 valence electrons. The number of aromatic nitrogens is 1. The number of benzene rings is 4. The summed E-state index contributed by atoms with van der Waals surface area (Å²) in [4.78, 5) is 49.2. The maximum Gasteiger partial charge on any atom is 0.250 e. The molecule has 1 aliphatic heterocycles. The van der Waals surface area contributed by atoms with Crippen molar-refractivity contribution in [2.45, 2.75) is 44.3 Å². The number of nitrogens with zero attached hydrogens (tertiary/aromatic N) is 3. The first-order valence-corrected chi connectivity index (χ1v) is 14.7. The van der Waals surface area contributed by atoms with Crippen molar-refractivity contribution in [3.8, 4) is 0 Å². The van der Waals surface area contributed by atoms with Crippen molar-refractivity contribution in [3.05, 3.63) is 126 Å². The van der Waals surface area contributed by atoms with Gasteiger partial charge < -0.3 is 15.5 Å². The summed E-state index contributed by atoms with van der Waals surface area (Å²) in [7, 11) is 0. The Morgan fingerprint density at radius 2 is 1.56 bits per heavy atom. The van der Waals surface area contributed by atoms with Gasteiger partial charge in [0.05, 0.1) is 11.9 Å². The van der Waals surface area contributed by atoms with Gasteiger partial charge in [-0.05, 0) is 59.0 Å². The lowest BCUT2D eigenvalue weighted by Crippen LogP contribution is -2.52. The fourth-order valence-corrected chi connectivity index (χ4v) is 6.20. The molecule has 5 aromatic rings. The van der Waals surface area contributed by atoms with E-state index in [0.717, 1.165) is 32.8 Å². The third-order valence-corrected chi connectivity index (χ3v) is 8.43. The lowest BCUT2D eigenvalue weighted by molar-refractivity contribution is -0.148. The van der Waals surface area contributed by atoms with Crippen LogP contribution in [0.25, 0.3) is 21.7 Å². The average molecular weight is 571 g/mol. The first kappa shape index (κ1) is 28.1. The molecule has 4 aromatic carbocycles. The lowest BCUT2D eigenvalue weighted by atomic mass is 9.98. The van der Waals surface area contributed by atoms with E-state index in [-0.39, 0.29) is 24.3 Å². The second kappa shape index (κ2) is 12.1. The van der Waals surface area contributed by atoms with E-state index >= 15 is 0 Å². The number of primary amides is 1. The normalized spacial score (nSPS) is 18.0. The van der Waals surface area contributed by atoms with Crippen LogP contribution in [0.15, 0.2) is 109 Å². The van der Waals surface area contributed by atoms with Crippen molar-refractivity contribution >= 4 is 39.4 Å². The molecule has 1 aliphatic rings. The summed E-state index contributed by atoms with van der Waals surface area (Å²) in [5.41, 5.74) is 9.32. The zero-order valence-electron chi connectivity index (χ0n) is 24.1. The highest BCUT2D eigenvalue weighted by molar-refractivity contribution is 5.94. The van der Waals surface area contributed by atoms with Crippen LogP contribution in [0.4, 0.5) is 0 Å². The maximum atomic E-state index is 14.5. The van der Waals surface area contributed by atoms with Crippen molar-refractivity contribution in [1.82, 2.24) is 14.8 Å². The predicted molar refractivity (Wildman–Crippen MR) is 168 cm³/mol. The number of hydrogen-bond acceptors (Lipinski definition) is 4. The highest BCUT2D eigenvalue weighted by atomic mass is 16.2. The van der Waals surface area contributed by atoms with Crippen LogP contribution in [0.3, 0.4) is 0 Å². The molecule has 6 rings (SSSR count). The zero-order valence-corrected chi connectivity index (χ0v) is 24.1. The summed E-state index contributed by atoms with van der Waals surface area (Å²) in [5, 5.41) is 3.11. The van der Waals surface area contributed by atoms with Crippen molar-refractivity contribution in [2.75, 3.05) is 6.54 Å². The Hall–Kier alpha value is -5.04. The Morgan fingerprint density at radius 1 is 0.860 bits per heavy atom. The molecule has 2 N–H and O–H groups in total. The van der Waals surface area contributed by atoms with Gasteiger partial charge in [-0.25, -0.2) is 0 Å². The average Bonchev–Trinajstić information content (AvgIpc) is 3.15. The summed E-state index contributed by atoms with van der Waals surface area (Å²) >= 11 is 0. The number of carbonyl (C=O) groups is 3. The van der Waals surface area contributed by atoms with Crippen LogP contribution in [0.5, 0.6) is 0 Å². The molecule has 7 heteroatoms. The molecule has 3 amide bonds. The minimum absolute atomic E-state index is 0.141. The van der Waals surface area contributed by atoms with Gasteiger partial charge in [0.15, 0.2) is 0 Å². The number of nitrogens with two attached hydrogens (primary N) is 1. The van der Waals surface area contributed by atoms with Crippen molar-refractivity contribution in [2.24, 2.45) is 5.73 Å². The highest BCUT2D eigenvalue weighted by Crippen LogP contribution is 2.32. The fourth-order valence-electron chi connectivity index (χ4n) is 6.20. The molecule has 0 aliphatic carbocycles. The second-order valence-electron chi connectivity index (χ2n) is 11.3. The molecule has 1 fully saturated rings. The molecule has 1 unspecified atom stereocenters. The molecule has 3 atom stereocenters. The maximum absolute atomic E-state index is 14.5. The van der Waals surface area contributed by atoms with E-state index in [2.05, 4.69) is 4.98 Å². The molecule has 7 nitrogen and oxygen atoms in total. The van der Waals surface area contributed by atoms with Gasteiger partial charge in [-0.2, -0.15) is 0 Å². The Kier molecular flexibility index (Phi) is 7.88. The molecular formula is C36H34N4O3. The van der Waals surface area contributed by atoms with Gasteiger partial charge >= 0.3 is 0 Å². The number of rotatable bonds is 7. The molecule has 2 heterocycles. The Morgan fingerprint density at radius 3 is 2.35 bits per heavy atom. The van der Waals surface area contributed by atoms with Gasteiger partial charge in [-0.15, -0.1) is 0 Å². The van der Waals surface area contributed by atoms with Crippen LogP contribution in [-0.2, 0) is 27.2 Å². The number of amides is 3. The molecule has 0 spiro atoms. The van der Waals surface area contributed by atoms with Crippen LogP contribution in [0.2, 0.25) is 0 Å². The molecule has 1 aromatic heterocycles. The summed E-state index contributed by atoms with van der Waals surface area (Å²) < 4.78 is 0. The largest absolute Gasteiger partial charge is 0.368 e. The second-order valence-corrected chi connectivity index (χ2v) is 11.3. The topological polar surface area (TPSA) is 96.6 Å². The smallest absolute Gasteiger partial charge is 0.250 e. The highest BCUT2D eigenvalue weighted by Gasteiger charge is 2.42. The Balaban J connectivity index is 1.33. The van der Waals surface area contributed by atoms with Gasteiger partial charge in [0.2, 0.25) is 11.8 Å². The van der Waals surface area contributed by atoms with E-state index in [0.29, 0.717) is 24.9 Å². The first-order chi connectivity index (χ1) is 20.9. The van der Waals surface area contributed by atoms with E-state index in [1.165, 1.54) is 0 Å². The quantitative estimate of drug-likeness (QED) is 0.290. The third-order valence-electron chi connectivity index (χ3n) is 8.43. The van der Waals surface area contributed by atoms with Gasteiger partial charge in [0.25, 0.3) is 5.91 Å². The molecule has 1 saturated heterocycles. The summed E-state index contributed by atoms with van der Waals surface area (Å²) in [6.07, 6.45) is 2.69. The minimum Gasteiger partial charge on any atom is -0.368 e. The Bertz CT molecular complexity index is 1810. The van der Waals surface area contributed by atoms with E-state index < -0.39 is 18.0 Å². The van der Waals surface area contributed by atoms with Crippen LogP contribution < -0.4 is 5.73 Å². The van der Waals surface area contributed by atoms with Gasteiger partial charge in [0, 0.05) is 30.6 Å². The van der Waals surface area contributed by atoms with Crippen LogP contribution in [0.1, 0.15) is 36.1 Å². The summed E-state index contributed by atoms with van der Waals surface area (Å²) in [6.45, 7) is 2.29. The van der Waals surface area contributed by atoms with E-state index in [4.69, 9.17) is 5.73 Å². The van der Waals surface area contributed by atoms with Gasteiger partial charge in [-0.1, -0.05) is 84.9 Å². The van der Waals surface area contributed by atoms with Crippen LogP contribution in [0, 0.1) is 0 Å². The number of pyridine rings is 1. The Labute approximate surface area is 250 Å². The van der Waals surface area contributed by atoms with Gasteiger partial charge in [0.1, 0.15) is 12.1 Å². The molecular weight excluding hydrogens is 536 g/mol. The first-order valence-electron chi connectivity index (χ1n) is 14.7. The SMILES string of the molecule is C[C@H]1CCN([C@@H](Cc2ccc3ccccc3c2)C(N)=O)C(=O)C(c2ccccc2)N1C(=O)Cc1ccc2ncccc2c1. The van der Waals surface area contributed by atoms with Crippen LogP contribution in [-0.4, -0.2) is 51.1 Å². The van der Waals surface area contributed by atoms with Crippen molar-refractivity contribution in [1.29, 1.82) is 0 Å². The predicted octanol–water partition coefficient (Wildman–Crippen LogP) is 5.22. The van der Waals surface area contributed by atoms with E-state index in [9.17, 15) is 14.4 Å². The van der Waals surface area contributed by atoms with E-state index in [1.807, 2.05) is 110 Å². The monoisotopic (exact) mass is 570 g/mol. The van der Waals surface area contributed by atoms with Crippen LogP contribution >= 0.6 is 0 Å².